The number of benzene rings is 2. The molecule has 0 saturated carbocycles. The monoisotopic (exact) mass is 343 g/mol. The highest BCUT2D eigenvalue weighted by molar-refractivity contribution is 5.31. The number of rotatable bonds is 7. The zero-order valence-electron chi connectivity index (χ0n) is 13.7. The molecule has 7 heteroatoms. The minimum Gasteiger partial charge on any atom is -0.539 e. The number of ether oxygens (including phenoxy) is 1. The van der Waals surface area contributed by atoms with Gasteiger partial charge in [-0.25, -0.2) is 4.39 Å². The molecule has 6 nitrogen and oxygen atoms in total. The lowest BCUT2D eigenvalue weighted by Crippen LogP contribution is -2.39. The largest absolute Gasteiger partial charge is 0.539 e. The van der Waals surface area contributed by atoms with Crippen molar-refractivity contribution in [3.05, 3.63) is 65.6 Å². The first kappa shape index (κ1) is 16.9. The molecule has 25 heavy (non-hydrogen) atoms. The summed E-state index contributed by atoms with van der Waals surface area (Å²) in [7, 11) is 1.58. The molecule has 3 rings (SSSR count). The molecule has 1 N–H and O–H groups in total. The molecule has 0 radical (unpaired) electrons. The maximum absolute atomic E-state index is 13.6. The molecule has 0 bridgehead atoms. The van der Waals surface area contributed by atoms with Gasteiger partial charge in [-0.05, 0) is 41.4 Å². The van der Waals surface area contributed by atoms with Crippen LogP contribution in [0.1, 0.15) is 11.3 Å². The summed E-state index contributed by atoms with van der Waals surface area (Å²) in [6.07, 6.45) is 0.522. The molecule has 130 valence electrons. The van der Waals surface area contributed by atoms with Crippen LogP contribution in [0.3, 0.4) is 0 Å². The Morgan fingerprint density at radius 1 is 1.20 bits per heavy atom. The molecule has 0 aliphatic carbocycles. The number of nitrogens with one attached hydrogen (secondary N) is 1. The SMILES string of the molecule is COc1ccc(-[n+]2noc([O-])c2CNCCc2ccccc2F)cc1. The summed E-state index contributed by atoms with van der Waals surface area (Å²) >= 11 is 0. The highest BCUT2D eigenvalue weighted by Crippen LogP contribution is 2.14. The first-order valence-electron chi connectivity index (χ1n) is 7.85. The maximum atomic E-state index is 13.6. The number of hydrogen-bond donors (Lipinski definition) is 1. The van der Waals surface area contributed by atoms with Crippen LogP contribution in [0.5, 0.6) is 11.7 Å². The van der Waals surface area contributed by atoms with Gasteiger partial charge in [-0.15, -0.1) is 0 Å². The summed E-state index contributed by atoms with van der Waals surface area (Å²) in [5, 5.41) is 18.8. The van der Waals surface area contributed by atoms with E-state index in [0.717, 1.165) is 0 Å². The van der Waals surface area contributed by atoms with E-state index in [1.165, 1.54) is 10.7 Å². The Bertz CT molecular complexity index is 834. The van der Waals surface area contributed by atoms with Gasteiger partial charge in [0.15, 0.2) is 5.95 Å². The highest BCUT2D eigenvalue weighted by Gasteiger charge is 2.19. The van der Waals surface area contributed by atoms with Crippen LogP contribution in [0, 0.1) is 5.82 Å². The fourth-order valence-electron chi connectivity index (χ4n) is 2.47. The molecule has 0 amide bonds. The van der Waals surface area contributed by atoms with Gasteiger partial charge < -0.3 is 19.7 Å². The van der Waals surface area contributed by atoms with Crippen LogP contribution in [0.15, 0.2) is 53.1 Å². The molecule has 0 atom stereocenters. The molecule has 0 fully saturated rings. The predicted octanol–water partition coefficient (Wildman–Crippen LogP) is 1.50. The normalized spacial score (nSPS) is 10.8. The lowest BCUT2D eigenvalue weighted by atomic mass is 10.1. The van der Waals surface area contributed by atoms with E-state index >= 15 is 0 Å². The topological polar surface area (TPSA) is 74.2 Å². The Morgan fingerprint density at radius 3 is 2.68 bits per heavy atom. The van der Waals surface area contributed by atoms with Crippen molar-refractivity contribution in [2.24, 2.45) is 0 Å². The molecule has 0 saturated heterocycles. The zero-order chi connectivity index (χ0) is 17.6. The van der Waals surface area contributed by atoms with Gasteiger partial charge in [-0.3, -0.25) is 0 Å². The minimum absolute atomic E-state index is 0.230. The Labute approximate surface area is 144 Å². The molecule has 2 aromatic carbocycles. The van der Waals surface area contributed by atoms with Crippen LogP contribution < -0.4 is 19.8 Å². The summed E-state index contributed by atoms with van der Waals surface area (Å²) in [6.45, 7) is 0.789. The van der Waals surface area contributed by atoms with E-state index in [1.54, 1.807) is 49.6 Å². The van der Waals surface area contributed by atoms with E-state index in [2.05, 4.69) is 10.6 Å². The van der Waals surface area contributed by atoms with Gasteiger partial charge in [0.2, 0.25) is 5.69 Å². The fourth-order valence-corrected chi connectivity index (χ4v) is 2.47. The van der Waals surface area contributed by atoms with Gasteiger partial charge in [0, 0.05) is 12.1 Å². The van der Waals surface area contributed by atoms with Gasteiger partial charge in [0.25, 0.3) is 5.69 Å². The molecule has 0 unspecified atom stereocenters. The van der Waals surface area contributed by atoms with E-state index < -0.39 is 5.95 Å². The van der Waals surface area contributed by atoms with Crippen LogP contribution in [0.4, 0.5) is 4.39 Å². The molecular weight excluding hydrogens is 325 g/mol. The molecule has 1 aromatic heterocycles. The van der Waals surface area contributed by atoms with Crippen LogP contribution in [-0.4, -0.2) is 18.9 Å². The third kappa shape index (κ3) is 3.95. The first-order valence-corrected chi connectivity index (χ1v) is 7.85. The van der Waals surface area contributed by atoms with Gasteiger partial charge >= 0.3 is 0 Å². The third-order valence-electron chi connectivity index (χ3n) is 3.84. The quantitative estimate of drug-likeness (QED) is 0.520. The van der Waals surface area contributed by atoms with Crippen molar-refractivity contribution >= 4 is 0 Å². The minimum atomic E-state index is -0.505. The van der Waals surface area contributed by atoms with Gasteiger partial charge in [0.05, 0.1) is 18.9 Å². The maximum Gasteiger partial charge on any atom is 0.253 e. The second-order valence-corrected chi connectivity index (χ2v) is 5.44. The summed E-state index contributed by atoms with van der Waals surface area (Å²) < 4.78 is 24.9. The molecule has 0 spiro atoms. The third-order valence-corrected chi connectivity index (χ3v) is 3.84. The van der Waals surface area contributed by atoms with Gasteiger partial charge in [-0.2, -0.15) is 0 Å². The lowest BCUT2D eigenvalue weighted by molar-refractivity contribution is -0.677. The van der Waals surface area contributed by atoms with Crippen molar-refractivity contribution in [3.8, 4) is 17.4 Å². The van der Waals surface area contributed by atoms with Crippen molar-refractivity contribution in [1.82, 2.24) is 10.6 Å². The zero-order valence-corrected chi connectivity index (χ0v) is 13.7. The van der Waals surface area contributed by atoms with E-state index in [4.69, 9.17) is 9.26 Å². The average molecular weight is 343 g/mol. The van der Waals surface area contributed by atoms with E-state index in [-0.39, 0.29) is 12.4 Å². The molecule has 3 aromatic rings. The summed E-state index contributed by atoms with van der Waals surface area (Å²) in [6, 6.07) is 13.7. The Kier molecular flexibility index (Phi) is 5.25. The Balaban J connectivity index is 1.64. The first-order chi connectivity index (χ1) is 12.2. The summed E-state index contributed by atoms with van der Waals surface area (Å²) in [4.78, 5) is 0. The number of hydrogen-bond acceptors (Lipinski definition) is 5. The van der Waals surface area contributed by atoms with E-state index in [0.29, 0.717) is 35.7 Å². The molecule has 0 aliphatic heterocycles. The van der Waals surface area contributed by atoms with Crippen LogP contribution in [-0.2, 0) is 13.0 Å². The van der Waals surface area contributed by atoms with Crippen molar-refractivity contribution in [1.29, 1.82) is 0 Å². The Hall–Kier alpha value is -2.93. The summed E-state index contributed by atoms with van der Waals surface area (Å²) in [5.41, 5.74) is 1.70. The van der Waals surface area contributed by atoms with Crippen molar-refractivity contribution in [2.45, 2.75) is 13.0 Å². The molecule has 1 heterocycles. The number of methoxy groups -OCH3 is 1. The predicted molar refractivity (Wildman–Crippen MR) is 85.8 cm³/mol. The Morgan fingerprint density at radius 2 is 1.96 bits per heavy atom. The standard InChI is InChI=1S/C18H18FN3O3/c1-24-15-8-6-14(7-9-15)22-17(18(23)25-21-22)12-20-11-10-13-4-2-3-5-16(13)19/h2-9,20H,10-12H2,1H3. The average Bonchev–Trinajstić information content (AvgIpc) is 3.01. The van der Waals surface area contributed by atoms with Gasteiger partial charge in [-0.1, -0.05) is 18.2 Å². The van der Waals surface area contributed by atoms with Gasteiger partial charge in [0.1, 0.15) is 11.6 Å². The van der Waals surface area contributed by atoms with Crippen molar-refractivity contribution in [3.63, 3.8) is 0 Å². The summed E-state index contributed by atoms with van der Waals surface area (Å²) in [5.74, 6) is -0.0268. The highest BCUT2D eigenvalue weighted by atomic mass is 19.1. The molecule has 0 aliphatic rings. The lowest BCUT2D eigenvalue weighted by Gasteiger charge is -2.04. The van der Waals surface area contributed by atoms with Crippen LogP contribution >= 0.6 is 0 Å². The smallest absolute Gasteiger partial charge is 0.253 e. The fraction of sp³-hybridized carbons (Fsp3) is 0.222. The van der Waals surface area contributed by atoms with Crippen molar-refractivity contribution in [2.75, 3.05) is 13.7 Å². The number of nitrogens with zero attached hydrogens (tertiary/aromatic N) is 2. The van der Waals surface area contributed by atoms with E-state index in [1.807, 2.05) is 0 Å². The van der Waals surface area contributed by atoms with E-state index in [9.17, 15) is 9.50 Å². The number of halogens is 1. The second-order valence-electron chi connectivity index (χ2n) is 5.44. The second kappa shape index (κ2) is 7.76. The van der Waals surface area contributed by atoms with Crippen molar-refractivity contribution < 1.29 is 23.4 Å². The van der Waals surface area contributed by atoms with Crippen LogP contribution in [0.2, 0.25) is 0 Å². The molecular formula is C18H18FN3O3. The van der Waals surface area contributed by atoms with Crippen LogP contribution in [0.25, 0.3) is 5.69 Å². The number of aromatic nitrogens is 2.